The molecule has 0 atom stereocenters. The standard InChI is InChI=1S/C6H11N5S/c1-7-6(12)8-3-5-9-4-10-11(5)2/h4H,3H2,1-2H3,(H2,7,8,12). The first-order chi connectivity index (χ1) is 5.74. The molecule has 0 aliphatic rings. The highest BCUT2D eigenvalue weighted by atomic mass is 32.1. The van der Waals surface area contributed by atoms with Crippen molar-refractivity contribution in [1.82, 2.24) is 25.4 Å². The molecule has 0 radical (unpaired) electrons. The fourth-order valence-corrected chi connectivity index (χ4v) is 0.800. The van der Waals surface area contributed by atoms with Gasteiger partial charge in [0.1, 0.15) is 12.2 Å². The van der Waals surface area contributed by atoms with Crippen LogP contribution in [0.1, 0.15) is 5.82 Å². The Kier molecular flexibility index (Phi) is 2.98. The Labute approximate surface area is 76.2 Å². The molecule has 0 aliphatic heterocycles. The summed E-state index contributed by atoms with van der Waals surface area (Å²) < 4.78 is 1.70. The van der Waals surface area contributed by atoms with Gasteiger partial charge in [-0.15, -0.1) is 0 Å². The highest BCUT2D eigenvalue weighted by Crippen LogP contribution is 1.88. The van der Waals surface area contributed by atoms with Crippen LogP contribution in [0.5, 0.6) is 0 Å². The number of nitrogens with zero attached hydrogens (tertiary/aromatic N) is 3. The van der Waals surface area contributed by atoms with E-state index in [-0.39, 0.29) is 0 Å². The summed E-state index contributed by atoms with van der Waals surface area (Å²) in [5.41, 5.74) is 0. The fourth-order valence-electron chi connectivity index (χ4n) is 0.728. The number of thiocarbonyl (C=S) groups is 1. The van der Waals surface area contributed by atoms with Crippen molar-refractivity contribution >= 4 is 17.3 Å². The molecule has 0 fully saturated rings. The van der Waals surface area contributed by atoms with Crippen LogP contribution in [0.4, 0.5) is 0 Å². The Morgan fingerprint density at radius 1 is 1.75 bits per heavy atom. The maximum Gasteiger partial charge on any atom is 0.166 e. The third-order valence-electron chi connectivity index (χ3n) is 1.44. The maximum absolute atomic E-state index is 4.89. The first kappa shape index (κ1) is 8.92. The van der Waals surface area contributed by atoms with E-state index < -0.39 is 0 Å². The Morgan fingerprint density at radius 2 is 2.50 bits per heavy atom. The number of rotatable bonds is 2. The minimum absolute atomic E-state index is 0.593. The topological polar surface area (TPSA) is 54.8 Å². The molecule has 0 saturated heterocycles. The number of nitrogens with one attached hydrogen (secondary N) is 2. The zero-order valence-corrected chi connectivity index (χ0v) is 7.85. The maximum atomic E-state index is 4.89. The zero-order chi connectivity index (χ0) is 8.97. The molecule has 0 aliphatic carbocycles. The summed E-state index contributed by atoms with van der Waals surface area (Å²) >= 11 is 4.89. The number of hydrogen-bond donors (Lipinski definition) is 2. The van der Waals surface area contributed by atoms with E-state index in [4.69, 9.17) is 12.2 Å². The molecule has 0 amide bonds. The van der Waals surface area contributed by atoms with Gasteiger partial charge in [-0.05, 0) is 12.2 Å². The zero-order valence-electron chi connectivity index (χ0n) is 7.03. The summed E-state index contributed by atoms with van der Waals surface area (Å²) in [5.74, 6) is 0.854. The lowest BCUT2D eigenvalue weighted by Crippen LogP contribution is -2.32. The van der Waals surface area contributed by atoms with Crippen molar-refractivity contribution in [2.45, 2.75) is 6.54 Å². The summed E-state index contributed by atoms with van der Waals surface area (Å²) in [6, 6.07) is 0. The first-order valence-electron chi connectivity index (χ1n) is 3.52. The summed E-state index contributed by atoms with van der Waals surface area (Å²) in [7, 11) is 3.61. The third kappa shape index (κ3) is 2.16. The minimum Gasteiger partial charge on any atom is -0.366 e. The van der Waals surface area contributed by atoms with E-state index in [9.17, 15) is 0 Å². The van der Waals surface area contributed by atoms with Crippen molar-refractivity contribution in [2.24, 2.45) is 7.05 Å². The highest BCUT2D eigenvalue weighted by Gasteiger charge is 1.99. The molecular formula is C6H11N5S. The lowest BCUT2D eigenvalue weighted by molar-refractivity contribution is 0.680. The van der Waals surface area contributed by atoms with E-state index in [1.165, 1.54) is 6.33 Å². The Morgan fingerprint density at radius 3 is 3.00 bits per heavy atom. The molecule has 0 spiro atoms. The van der Waals surface area contributed by atoms with Gasteiger partial charge in [-0.3, -0.25) is 4.68 Å². The molecule has 1 heterocycles. The molecule has 12 heavy (non-hydrogen) atoms. The Balaban J connectivity index is 2.43. The predicted octanol–water partition coefficient (Wildman–Crippen LogP) is -0.591. The monoisotopic (exact) mass is 185 g/mol. The molecule has 0 aromatic carbocycles. The van der Waals surface area contributed by atoms with Crippen LogP contribution in [0.3, 0.4) is 0 Å². The predicted molar refractivity (Wildman–Crippen MR) is 49.5 cm³/mol. The molecule has 6 heteroatoms. The van der Waals surface area contributed by atoms with Crippen molar-refractivity contribution in [2.75, 3.05) is 7.05 Å². The van der Waals surface area contributed by atoms with Crippen LogP contribution in [0.25, 0.3) is 0 Å². The lowest BCUT2D eigenvalue weighted by Gasteiger charge is -2.05. The van der Waals surface area contributed by atoms with Crippen LogP contribution in [0.2, 0.25) is 0 Å². The van der Waals surface area contributed by atoms with Gasteiger partial charge < -0.3 is 10.6 Å². The Bertz CT molecular complexity index is 269. The van der Waals surface area contributed by atoms with Gasteiger partial charge in [0.15, 0.2) is 5.11 Å². The normalized spacial score (nSPS) is 9.50. The van der Waals surface area contributed by atoms with Gasteiger partial charge in [-0.2, -0.15) is 5.10 Å². The van der Waals surface area contributed by atoms with Gasteiger partial charge in [0, 0.05) is 14.1 Å². The van der Waals surface area contributed by atoms with Crippen molar-refractivity contribution < 1.29 is 0 Å². The average molecular weight is 185 g/mol. The number of hydrogen-bond acceptors (Lipinski definition) is 3. The van der Waals surface area contributed by atoms with Gasteiger partial charge in [0.25, 0.3) is 0 Å². The number of aromatic nitrogens is 3. The van der Waals surface area contributed by atoms with E-state index in [2.05, 4.69) is 20.7 Å². The van der Waals surface area contributed by atoms with Crippen LogP contribution in [-0.2, 0) is 13.6 Å². The summed E-state index contributed by atoms with van der Waals surface area (Å²) in [6.07, 6.45) is 1.51. The first-order valence-corrected chi connectivity index (χ1v) is 3.93. The van der Waals surface area contributed by atoms with Crippen molar-refractivity contribution in [3.8, 4) is 0 Å². The summed E-state index contributed by atoms with van der Waals surface area (Å²) in [6.45, 7) is 0.593. The molecule has 66 valence electrons. The van der Waals surface area contributed by atoms with Gasteiger partial charge in [0.05, 0.1) is 6.54 Å². The van der Waals surface area contributed by atoms with Crippen LogP contribution >= 0.6 is 12.2 Å². The molecule has 2 N–H and O–H groups in total. The van der Waals surface area contributed by atoms with Crippen molar-refractivity contribution in [1.29, 1.82) is 0 Å². The molecule has 5 nitrogen and oxygen atoms in total. The molecule has 0 unspecified atom stereocenters. The fraction of sp³-hybridized carbons (Fsp3) is 0.500. The van der Waals surface area contributed by atoms with Crippen LogP contribution < -0.4 is 10.6 Å². The van der Waals surface area contributed by atoms with E-state index in [0.29, 0.717) is 11.7 Å². The van der Waals surface area contributed by atoms with E-state index in [1.807, 2.05) is 7.05 Å². The number of aryl methyl sites for hydroxylation is 1. The quantitative estimate of drug-likeness (QED) is 0.603. The minimum atomic E-state index is 0.593. The lowest BCUT2D eigenvalue weighted by atomic mass is 10.6. The molecule has 0 bridgehead atoms. The third-order valence-corrected chi connectivity index (χ3v) is 1.79. The second-order valence-electron chi connectivity index (χ2n) is 2.23. The van der Waals surface area contributed by atoms with E-state index in [1.54, 1.807) is 11.7 Å². The smallest absolute Gasteiger partial charge is 0.166 e. The summed E-state index contributed by atoms with van der Waals surface area (Å²) in [5, 5.41) is 10.3. The molecule has 1 rings (SSSR count). The molecule has 1 aromatic heterocycles. The van der Waals surface area contributed by atoms with Gasteiger partial charge >= 0.3 is 0 Å². The van der Waals surface area contributed by atoms with E-state index in [0.717, 1.165) is 5.82 Å². The van der Waals surface area contributed by atoms with Crippen LogP contribution in [0, 0.1) is 0 Å². The van der Waals surface area contributed by atoms with E-state index >= 15 is 0 Å². The SMILES string of the molecule is CNC(=S)NCc1ncnn1C. The van der Waals surface area contributed by atoms with Gasteiger partial charge in [0.2, 0.25) is 0 Å². The van der Waals surface area contributed by atoms with Crippen LogP contribution in [0.15, 0.2) is 6.33 Å². The molecule has 1 aromatic rings. The van der Waals surface area contributed by atoms with Gasteiger partial charge in [-0.25, -0.2) is 4.98 Å². The Hall–Kier alpha value is -1.17. The van der Waals surface area contributed by atoms with Crippen LogP contribution in [-0.4, -0.2) is 26.9 Å². The van der Waals surface area contributed by atoms with Gasteiger partial charge in [-0.1, -0.05) is 0 Å². The second kappa shape index (κ2) is 4.01. The molecular weight excluding hydrogens is 174 g/mol. The van der Waals surface area contributed by atoms with Crippen molar-refractivity contribution in [3.05, 3.63) is 12.2 Å². The highest BCUT2D eigenvalue weighted by molar-refractivity contribution is 7.80. The molecule has 0 saturated carbocycles. The largest absolute Gasteiger partial charge is 0.366 e. The van der Waals surface area contributed by atoms with Crippen molar-refractivity contribution in [3.63, 3.8) is 0 Å². The average Bonchev–Trinajstić information content (AvgIpc) is 2.47. The summed E-state index contributed by atoms with van der Waals surface area (Å²) in [4.78, 5) is 4.02. The second-order valence-corrected chi connectivity index (χ2v) is 2.64.